The molecule has 0 aliphatic carbocycles. The number of benzene rings is 3. The number of carbonyl (C=O) groups is 1. The maximum absolute atomic E-state index is 12.6. The first-order valence-corrected chi connectivity index (χ1v) is 11.3. The van der Waals surface area contributed by atoms with E-state index in [1.165, 1.54) is 5.56 Å². The van der Waals surface area contributed by atoms with Crippen LogP contribution < -0.4 is 21.0 Å². The zero-order valence-corrected chi connectivity index (χ0v) is 19.4. The van der Waals surface area contributed by atoms with Gasteiger partial charge in [0.25, 0.3) is 5.91 Å². The van der Waals surface area contributed by atoms with Gasteiger partial charge in [-0.2, -0.15) is 5.10 Å². The summed E-state index contributed by atoms with van der Waals surface area (Å²) < 4.78 is 5.85. The number of aryl methyl sites for hydroxylation is 1. The van der Waals surface area contributed by atoms with E-state index in [1.807, 2.05) is 86.6 Å². The van der Waals surface area contributed by atoms with Crippen LogP contribution in [0, 0.1) is 6.92 Å². The highest BCUT2D eigenvalue weighted by Gasteiger charge is 2.30. The Morgan fingerprint density at radius 2 is 1.79 bits per heavy atom. The third kappa shape index (κ3) is 5.99. The van der Waals surface area contributed by atoms with E-state index >= 15 is 0 Å². The van der Waals surface area contributed by atoms with E-state index in [0.717, 1.165) is 28.2 Å². The summed E-state index contributed by atoms with van der Waals surface area (Å²) in [6.45, 7) is 4.32. The molecule has 1 heterocycles. The number of hydrazone groups is 1. The van der Waals surface area contributed by atoms with Gasteiger partial charge in [0.05, 0.1) is 5.71 Å². The molecule has 33 heavy (non-hydrogen) atoms. The SMILES string of the molecule is C/C(=N\NC(=O)C1CC(c2ccc(OCc3ccccc3Cl)cc2)NN1)c1ccc(C)cc1. The average Bonchev–Trinajstić information content (AvgIpc) is 3.33. The van der Waals surface area contributed by atoms with E-state index in [4.69, 9.17) is 16.3 Å². The van der Waals surface area contributed by atoms with Crippen molar-refractivity contribution in [3.8, 4) is 5.75 Å². The Balaban J connectivity index is 1.29. The van der Waals surface area contributed by atoms with Crippen LogP contribution in [0.4, 0.5) is 0 Å². The number of rotatable bonds is 7. The minimum atomic E-state index is -0.374. The standard InChI is InChI=1S/C26H27ClN4O2/c1-17-7-9-19(10-8-17)18(2)28-31-26(32)25-15-24(29-30-25)20-11-13-22(14-12-20)33-16-21-5-3-4-6-23(21)27/h3-14,24-25,29-30H,15-16H2,1-2H3,(H,31,32)/b28-18+. The molecule has 4 rings (SSSR count). The molecule has 1 saturated heterocycles. The first-order chi connectivity index (χ1) is 16.0. The van der Waals surface area contributed by atoms with Gasteiger partial charge in [-0.3, -0.25) is 4.79 Å². The summed E-state index contributed by atoms with van der Waals surface area (Å²) >= 11 is 6.18. The highest BCUT2D eigenvalue weighted by molar-refractivity contribution is 6.31. The molecule has 0 aromatic heterocycles. The van der Waals surface area contributed by atoms with Crippen molar-refractivity contribution in [2.75, 3.05) is 0 Å². The van der Waals surface area contributed by atoms with Crippen molar-refractivity contribution >= 4 is 23.2 Å². The van der Waals surface area contributed by atoms with Crippen LogP contribution in [0.5, 0.6) is 5.75 Å². The number of halogens is 1. The number of ether oxygens (including phenoxy) is 1. The number of hydrogen-bond donors (Lipinski definition) is 3. The van der Waals surface area contributed by atoms with Crippen molar-refractivity contribution in [1.29, 1.82) is 0 Å². The molecule has 0 radical (unpaired) electrons. The van der Waals surface area contributed by atoms with Crippen LogP contribution in [-0.4, -0.2) is 17.7 Å². The number of nitrogens with zero attached hydrogens (tertiary/aromatic N) is 1. The first kappa shape index (κ1) is 23.0. The van der Waals surface area contributed by atoms with E-state index < -0.39 is 0 Å². The zero-order valence-electron chi connectivity index (χ0n) is 18.6. The molecule has 0 bridgehead atoms. The molecule has 0 spiro atoms. The summed E-state index contributed by atoms with van der Waals surface area (Å²) in [5.74, 6) is 0.594. The molecule has 3 N–H and O–H groups in total. The highest BCUT2D eigenvalue weighted by Crippen LogP contribution is 2.25. The Bertz CT molecular complexity index is 1130. The third-order valence-electron chi connectivity index (χ3n) is 5.66. The van der Waals surface area contributed by atoms with E-state index in [2.05, 4.69) is 21.4 Å². The predicted octanol–water partition coefficient (Wildman–Crippen LogP) is 4.68. The molecule has 2 atom stereocenters. The first-order valence-electron chi connectivity index (χ1n) is 10.9. The number of hydrazine groups is 1. The Labute approximate surface area is 199 Å². The molecular formula is C26H27ClN4O2. The van der Waals surface area contributed by atoms with Crippen LogP contribution in [0.3, 0.4) is 0 Å². The topological polar surface area (TPSA) is 74.8 Å². The summed E-state index contributed by atoms with van der Waals surface area (Å²) in [6.07, 6.45) is 0.616. The summed E-state index contributed by atoms with van der Waals surface area (Å²) in [4.78, 5) is 12.6. The fraction of sp³-hybridized carbons (Fsp3) is 0.231. The fourth-order valence-corrected chi connectivity index (χ4v) is 3.79. The lowest BCUT2D eigenvalue weighted by atomic mass is 10.0. The molecule has 1 amide bonds. The van der Waals surface area contributed by atoms with Gasteiger partial charge in [-0.1, -0.05) is 71.8 Å². The van der Waals surface area contributed by atoms with Crippen LogP contribution in [0.1, 0.15) is 41.6 Å². The molecule has 1 aliphatic rings. The number of nitrogens with one attached hydrogen (secondary N) is 3. The van der Waals surface area contributed by atoms with Gasteiger partial charge in [-0.05, 0) is 49.6 Å². The van der Waals surface area contributed by atoms with Gasteiger partial charge in [0.2, 0.25) is 0 Å². The summed E-state index contributed by atoms with van der Waals surface area (Å²) in [6, 6.07) is 23.2. The van der Waals surface area contributed by atoms with E-state index in [1.54, 1.807) is 0 Å². The van der Waals surface area contributed by atoms with Crippen molar-refractivity contribution in [3.05, 3.63) is 100 Å². The average molecular weight is 463 g/mol. The molecule has 1 aliphatic heterocycles. The maximum atomic E-state index is 12.6. The Morgan fingerprint density at radius 1 is 1.06 bits per heavy atom. The summed E-state index contributed by atoms with van der Waals surface area (Å²) in [5, 5.41) is 4.95. The van der Waals surface area contributed by atoms with Crippen molar-refractivity contribution in [2.45, 2.75) is 39.0 Å². The summed E-state index contributed by atoms with van der Waals surface area (Å²) in [7, 11) is 0. The van der Waals surface area contributed by atoms with E-state index in [-0.39, 0.29) is 18.0 Å². The second-order valence-corrected chi connectivity index (χ2v) is 8.53. The summed E-state index contributed by atoms with van der Waals surface area (Å²) in [5.41, 5.74) is 13.9. The molecule has 6 nitrogen and oxygen atoms in total. The smallest absolute Gasteiger partial charge is 0.258 e. The van der Waals surface area contributed by atoms with Gasteiger partial charge in [-0.25, -0.2) is 16.3 Å². The lowest BCUT2D eigenvalue weighted by Crippen LogP contribution is -2.41. The van der Waals surface area contributed by atoms with Crippen molar-refractivity contribution < 1.29 is 9.53 Å². The van der Waals surface area contributed by atoms with E-state index in [0.29, 0.717) is 18.1 Å². The molecule has 3 aromatic carbocycles. The van der Waals surface area contributed by atoms with Crippen molar-refractivity contribution in [3.63, 3.8) is 0 Å². The van der Waals surface area contributed by atoms with Gasteiger partial charge in [-0.15, -0.1) is 0 Å². The second kappa shape index (κ2) is 10.6. The molecule has 0 saturated carbocycles. The highest BCUT2D eigenvalue weighted by atomic mass is 35.5. The third-order valence-corrected chi connectivity index (χ3v) is 6.03. The minimum Gasteiger partial charge on any atom is -0.489 e. The zero-order chi connectivity index (χ0) is 23.2. The van der Waals surface area contributed by atoms with Crippen LogP contribution in [0.15, 0.2) is 77.9 Å². The van der Waals surface area contributed by atoms with Gasteiger partial charge in [0.1, 0.15) is 18.4 Å². The second-order valence-electron chi connectivity index (χ2n) is 8.12. The lowest BCUT2D eigenvalue weighted by Gasteiger charge is -2.12. The quantitative estimate of drug-likeness (QED) is 0.352. The molecule has 2 unspecified atom stereocenters. The Morgan fingerprint density at radius 3 is 2.52 bits per heavy atom. The fourth-order valence-electron chi connectivity index (χ4n) is 3.60. The lowest BCUT2D eigenvalue weighted by molar-refractivity contribution is -0.122. The van der Waals surface area contributed by atoms with Gasteiger partial charge < -0.3 is 4.74 Å². The molecule has 7 heteroatoms. The normalized spacial score (nSPS) is 18.2. The molecular weight excluding hydrogens is 436 g/mol. The molecule has 3 aromatic rings. The minimum absolute atomic E-state index is 0.0144. The predicted molar refractivity (Wildman–Crippen MR) is 131 cm³/mol. The number of carbonyl (C=O) groups excluding carboxylic acids is 1. The van der Waals surface area contributed by atoms with Gasteiger partial charge in [0, 0.05) is 16.6 Å². The molecule has 170 valence electrons. The van der Waals surface area contributed by atoms with Crippen molar-refractivity contribution in [1.82, 2.24) is 16.3 Å². The monoisotopic (exact) mass is 462 g/mol. The Hall–Kier alpha value is -3.19. The molecule has 1 fully saturated rings. The van der Waals surface area contributed by atoms with Gasteiger partial charge in [0.15, 0.2) is 0 Å². The number of amides is 1. The van der Waals surface area contributed by atoms with Crippen LogP contribution in [0.2, 0.25) is 5.02 Å². The largest absolute Gasteiger partial charge is 0.489 e. The Kier molecular flexibility index (Phi) is 7.40. The van der Waals surface area contributed by atoms with Crippen LogP contribution in [0.25, 0.3) is 0 Å². The number of hydrogen-bond acceptors (Lipinski definition) is 5. The maximum Gasteiger partial charge on any atom is 0.258 e. The van der Waals surface area contributed by atoms with Crippen LogP contribution in [-0.2, 0) is 11.4 Å². The van der Waals surface area contributed by atoms with E-state index in [9.17, 15) is 4.79 Å². The van der Waals surface area contributed by atoms with Crippen LogP contribution >= 0.6 is 11.6 Å². The van der Waals surface area contributed by atoms with Crippen molar-refractivity contribution in [2.24, 2.45) is 5.10 Å². The van der Waals surface area contributed by atoms with Gasteiger partial charge >= 0.3 is 0 Å².